The van der Waals surface area contributed by atoms with Crippen LogP contribution in [0.25, 0.3) is 0 Å². The van der Waals surface area contributed by atoms with Crippen molar-refractivity contribution in [3.63, 3.8) is 0 Å². The molecule has 2 heterocycles. The van der Waals surface area contributed by atoms with E-state index in [1.165, 1.54) is 16.9 Å². The smallest absolute Gasteiger partial charge is 0.268 e. The Labute approximate surface area is 116 Å². The third-order valence-corrected chi connectivity index (χ3v) is 4.28. The molecule has 1 amide bonds. The highest BCUT2D eigenvalue weighted by Gasteiger charge is 2.29. The van der Waals surface area contributed by atoms with Crippen LogP contribution in [0.2, 0.25) is 0 Å². The highest BCUT2D eigenvalue weighted by molar-refractivity contribution is 7.12. The Hall–Kier alpha value is -1.65. The van der Waals surface area contributed by atoms with Crippen LogP contribution in [0, 0.1) is 0 Å². The van der Waals surface area contributed by atoms with Gasteiger partial charge in [0, 0.05) is 19.2 Å². The number of rotatable bonds is 2. The highest BCUT2D eigenvalue weighted by atomic mass is 32.1. The van der Waals surface area contributed by atoms with E-state index in [9.17, 15) is 4.79 Å². The first-order valence-electron chi connectivity index (χ1n) is 6.25. The third-order valence-electron chi connectivity index (χ3n) is 3.43. The van der Waals surface area contributed by atoms with E-state index in [1.54, 1.807) is 7.11 Å². The molecule has 0 N–H and O–H groups in total. The van der Waals surface area contributed by atoms with Gasteiger partial charge in [-0.2, -0.15) is 0 Å². The van der Waals surface area contributed by atoms with E-state index in [1.807, 2.05) is 40.6 Å². The first-order valence-corrected chi connectivity index (χ1v) is 7.13. The van der Waals surface area contributed by atoms with Crippen LogP contribution in [0.1, 0.15) is 15.2 Å². The van der Waals surface area contributed by atoms with Gasteiger partial charge in [0.05, 0.1) is 17.5 Å². The van der Waals surface area contributed by atoms with Crippen molar-refractivity contribution in [1.29, 1.82) is 0 Å². The fourth-order valence-corrected chi connectivity index (χ4v) is 3.11. The van der Waals surface area contributed by atoms with Crippen LogP contribution in [0.3, 0.4) is 0 Å². The Morgan fingerprint density at radius 1 is 1.32 bits per heavy atom. The monoisotopic (exact) mass is 273 g/mol. The summed E-state index contributed by atoms with van der Waals surface area (Å²) in [7, 11) is 1.70. The lowest BCUT2D eigenvalue weighted by atomic mass is 9.99. The summed E-state index contributed by atoms with van der Waals surface area (Å²) < 4.78 is 5.46. The maximum absolute atomic E-state index is 12.6. The molecule has 0 aliphatic carbocycles. The van der Waals surface area contributed by atoms with Gasteiger partial charge < -0.3 is 9.64 Å². The lowest BCUT2D eigenvalue weighted by Gasteiger charge is -2.33. The van der Waals surface area contributed by atoms with Gasteiger partial charge in [0.15, 0.2) is 0 Å². The molecule has 0 radical (unpaired) electrons. The number of amides is 1. The Morgan fingerprint density at radius 3 is 2.89 bits per heavy atom. The molecule has 4 heteroatoms. The van der Waals surface area contributed by atoms with Crippen LogP contribution in [0.15, 0.2) is 41.8 Å². The van der Waals surface area contributed by atoms with E-state index in [4.69, 9.17) is 4.74 Å². The number of thiophene rings is 1. The third kappa shape index (κ3) is 2.29. The fourth-order valence-electron chi connectivity index (χ4n) is 2.44. The maximum atomic E-state index is 12.6. The molecule has 0 saturated carbocycles. The normalized spacial score (nSPS) is 18.2. The summed E-state index contributed by atoms with van der Waals surface area (Å²) in [5.41, 5.74) is 2.18. The van der Waals surface area contributed by atoms with Crippen molar-refractivity contribution in [1.82, 2.24) is 0 Å². The number of nitrogens with zero attached hydrogens (tertiary/aromatic N) is 1. The van der Waals surface area contributed by atoms with E-state index in [0.29, 0.717) is 6.54 Å². The highest BCUT2D eigenvalue weighted by Crippen LogP contribution is 2.29. The van der Waals surface area contributed by atoms with Crippen LogP contribution < -0.4 is 4.90 Å². The number of hydrogen-bond donors (Lipinski definition) is 0. The van der Waals surface area contributed by atoms with Crippen molar-refractivity contribution in [2.24, 2.45) is 0 Å². The number of methoxy groups -OCH3 is 1. The summed E-state index contributed by atoms with van der Waals surface area (Å²) >= 11 is 1.48. The Kier molecular flexibility index (Phi) is 3.36. The number of ether oxygens (including phenoxy) is 1. The number of carbonyl (C=O) groups excluding carboxylic acids is 1. The molecule has 19 heavy (non-hydrogen) atoms. The molecular formula is C15H15NO2S. The Bertz CT molecular complexity index is 580. The molecule has 1 aromatic heterocycles. The second kappa shape index (κ2) is 5.15. The summed E-state index contributed by atoms with van der Waals surface area (Å²) in [5.74, 6) is 0.0594. The summed E-state index contributed by atoms with van der Waals surface area (Å²) in [6.07, 6.45) is 0.930. The standard InChI is InChI=1S/C15H15NO2S/c1-18-12-9-11-5-2-3-6-13(11)16(10-12)15(17)14-7-4-8-19-14/h2-8,12H,9-10H2,1H3. The lowest BCUT2D eigenvalue weighted by molar-refractivity contribution is 0.0873. The number of para-hydroxylation sites is 1. The molecule has 3 nitrogen and oxygen atoms in total. The topological polar surface area (TPSA) is 29.5 Å². The molecule has 3 rings (SSSR count). The summed E-state index contributed by atoms with van der Waals surface area (Å²) in [6, 6.07) is 11.8. The van der Waals surface area contributed by atoms with Gasteiger partial charge in [0.1, 0.15) is 0 Å². The molecule has 1 aromatic carbocycles. The number of fused-ring (bicyclic) bond motifs is 1. The molecule has 1 aliphatic heterocycles. The number of hydrogen-bond acceptors (Lipinski definition) is 3. The minimum atomic E-state index is 0.0594. The predicted molar refractivity (Wildman–Crippen MR) is 76.9 cm³/mol. The summed E-state index contributed by atoms with van der Waals surface area (Å²) in [5, 5.41) is 1.93. The maximum Gasteiger partial charge on any atom is 0.268 e. The first-order chi connectivity index (χ1) is 9.29. The van der Waals surface area contributed by atoms with Gasteiger partial charge in [-0.3, -0.25) is 4.79 Å². The van der Waals surface area contributed by atoms with Crippen LogP contribution in [0.4, 0.5) is 5.69 Å². The second-order valence-corrected chi connectivity index (χ2v) is 5.53. The van der Waals surface area contributed by atoms with E-state index < -0.39 is 0 Å². The van der Waals surface area contributed by atoms with Gasteiger partial charge in [-0.25, -0.2) is 0 Å². The number of anilines is 1. The van der Waals surface area contributed by atoms with Crippen molar-refractivity contribution >= 4 is 22.9 Å². The molecule has 98 valence electrons. The average Bonchev–Trinajstić information content (AvgIpc) is 2.99. The molecule has 0 saturated heterocycles. The van der Waals surface area contributed by atoms with E-state index in [2.05, 4.69) is 6.07 Å². The van der Waals surface area contributed by atoms with Gasteiger partial charge in [0.25, 0.3) is 5.91 Å². The van der Waals surface area contributed by atoms with Crippen LogP contribution in [-0.2, 0) is 11.2 Å². The zero-order valence-electron chi connectivity index (χ0n) is 10.7. The van der Waals surface area contributed by atoms with Crippen LogP contribution in [-0.4, -0.2) is 25.7 Å². The quantitative estimate of drug-likeness (QED) is 0.842. The molecule has 0 spiro atoms. The molecule has 1 unspecified atom stereocenters. The second-order valence-electron chi connectivity index (χ2n) is 4.58. The van der Waals surface area contributed by atoms with Crippen molar-refractivity contribution in [2.75, 3.05) is 18.6 Å². The van der Waals surface area contributed by atoms with E-state index >= 15 is 0 Å². The van der Waals surface area contributed by atoms with Crippen molar-refractivity contribution in [3.05, 3.63) is 52.2 Å². The van der Waals surface area contributed by atoms with Gasteiger partial charge in [0.2, 0.25) is 0 Å². The molecule has 1 atom stereocenters. The fraction of sp³-hybridized carbons (Fsp3) is 0.267. The minimum absolute atomic E-state index is 0.0594. The minimum Gasteiger partial charge on any atom is -0.379 e. The van der Waals surface area contributed by atoms with Crippen molar-refractivity contribution in [2.45, 2.75) is 12.5 Å². The number of benzene rings is 1. The Morgan fingerprint density at radius 2 is 2.16 bits per heavy atom. The zero-order chi connectivity index (χ0) is 13.2. The molecule has 1 aliphatic rings. The van der Waals surface area contributed by atoms with E-state index in [-0.39, 0.29) is 12.0 Å². The molecule has 0 fully saturated rings. The van der Waals surface area contributed by atoms with Crippen molar-refractivity contribution in [3.8, 4) is 0 Å². The number of carbonyl (C=O) groups is 1. The van der Waals surface area contributed by atoms with Crippen LogP contribution >= 0.6 is 11.3 Å². The van der Waals surface area contributed by atoms with Gasteiger partial charge in [-0.15, -0.1) is 11.3 Å². The van der Waals surface area contributed by atoms with Gasteiger partial charge in [-0.05, 0) is 23.1 Å². The summed E-state index contributed by atoms with van der Waals surface area (Å²) in [4.78, 5) is 15.2. The van der Waals surface area contributed by atoms with Crippen molar-refractivity contribution < 1.29 is 9.53 Å². The van der Waals surface area contributed by atoms with Crippen LogP contribution in [0.5, 0.6) is 0 Å². The molecule has 2 aromatic rings. The lowest BCUT2D eigenvalue weighted by Crippen LogP contribution is -2.43. The zero-order valence-corrected chi connectivity index (χ0v) is 11.5. The van der Waals surface area contributed by atoms with E-state index in [0.717, 1.165) is 17.0 Å². The SMILES string of the molecule is COC1Cc2ccccc2N(C(=O)c2cccs2)C1. The predicted octanol–water partition coefficient (Wildman–Crippen LogP) is 2.97. The van der Waals surface area contributed by atoms with Gasteiger partial charge in [-0.1, -0.05) is 24.3 Å². The largest absolute Gasteiger partial charge is 0.379 e. The summed E-state index contributed by atoms with van der Waals surface area (Å²) in [6.45, 7) is 0.615. The van der Waals surface area contributed by atoms with Gasteiger partial charge >= 0.3 is 0 Å². The molecular weight excluding hydrogens is 258 g/mol. The molecule has 0 bridgehead atoms. The first kappa shape index (κ1) is 12.4. The Balaban J connectivity index is 1.98. The average molecular weight is 273 g/mol.